The van der Waals surface area contributed by atoms with E-state index in [4.69, 9.17) is 16.0 Å². The highest BCUT2D eigenvalue weighted by Crippen LogP contribution is 2.14. The molecule has 0 aliphatic rings. The van der Waals surface area contributed by atoms with Crippen molar-refractivity contribution in [1.82, 2.24) is 15.5 Å². The summed E-state index contributed by atoms with van der Waals surface area (Å²) in [4.78, 5) is 0. The molecule has 0 aliphatic heterocycles. The Morgan fingerprint density at radius 3 is 2.70 bits per heavy atom. The van der Waals surface area contributed by atoms with E-state index < -0.39 is 0 Å². The maximum atomic E-state index is 5.84. The van der Waals surface area contributed by atoms with Crippen molar-refractivity contribution in [3.8, 4) is 0 Å². The first-order valence-corrected chi connectivity index (χ1v) is 7.12. The van der Waals surface area contributed by atoms with Crippen LogP contribution in [0.5, 0.6) is 0 Å². The molecule has 2 N–H and O–H groups in total. The van der Waals surface area contributed by atoms with Crippen LogP contribution in [0.15, 0.2) is 28.7 Å². The van der Waals surface area contributed by atoms with Crippen LogP contribution in [0.4, 0.5) is 6.01 Å². The van der Waals surface area contributed by atoms with Gasteiger partial charge in [-0.3, -0.25) is 0 Å². The molecule has 1 heterocycles. The average Bonchev–Trinajstić information content (AvgIpc) is 2.90. The van der Waals surface area contributed by atoms with Gasteiger partial charge < -0.3 is 15.1 Å². The second kappa shape index (κ2) is 7.26. The number of hydrogen-bond acceptors (Lipinski definition) is 5. The molecule has 0 spiro atoms. The summed E-state index contributed by atoms with van der Waals surface area (Å²) >= 11 is 5.84. The van der Waals surface area contributed by atoms with E-state index in [1.165, 1.54) is 5.56 Å². The SMILES string of the molecule is CCNC(C)c1nnc(NCCc2ccc(Cl)cc2)o1. The Kier molecular flexibility index (Phi) is 5.38. The molecule has 0 bridgehead atoms. The molecule has 6 heteroatoms. The van der Waals surface area contributed by atoms with Crippen LogP contribution in [-0.2, 0) is 6.42 Å². The van der Waals surface area contributed by atoms with E-state index in [9.17, 15) is 0 Å². The number of halogens is 1. The summed E-state index contributed by atoms with van der Waals surface area (Å²) in [6.45, 7) is 5.63. The quantitative estimate of drug-likeness (QED) is 0.822. The molecule has 0 aliphatic carbocycles. The van der Waals surface area contributed by atoms with E-state index in [1.54, 1.807) is 0 Å². The third-order valence-corrected chi connectivity index (χ3v) is 3.18. The van der Waals surface area contributed by atoms with Gasteiger partial charge in [-0.2, -0.15) is 0 Å². The van der Waals surface area contributed by atoms with Gasteiger partial charge in [-0.1, -0.05) is 35.8 Å². The van der Waals surface area contributed by atoms with Gasteiger partial charge in [0.2, 0.25) is 5.89 Å². The highest BCUT2D eigenvalue weighted by atomic mass is 35.5. The van der Waals surface area contributed by atoms with Gasteiger partial charge in [0.25, 0.3) is 0 Å². The van der Waals surface area contributed by atoms with Crippen LogP contribution >= 0.6 is 11.6 Å². The van der Waals surface area contributed by atoms with E-state index >= 15 is 0 Å². The minimum absolute atomic E-state index is 0.0688. The molecule has 0 amide bonds. The lowest BCUT2D eigenvalue weighted by molar-refractivity contribution is 0.429. The second-order valence-corrected chi connectivity index (χ2v) is 4.96. The highest BCUT2D eigenvalue weighted by molar-refractivity contribution is 6.30. The minimum Gasteiger partial charge on any atom is -0.406 e. The lowest BCUT2D eigenvalue weighted by Gasteiger charge is -2.06. The summed E-state index contributed by atoms with van der Waals surface area (Å²) in [5, 5.41) is 15.1. The number of benzene rings is 1. The Hall–Kier alpha value is -1.59. The second-order valence-electron chi connectivity index (χ2n) is 4.53. The van der Waals surface area contributed by atoms with Crippen molar-refractivity contribution in [1.29, 1.82) is 0 Å². The molecule has 0 saturated heterocycles. The maximum Gasteiger partial charge on any atom is 0.315 e. The van der Waals surface area contributed by atoms with Crippen LogP contribution in [0.2, 0.25) is 5.02 Å². The fraction of sp³-hybridized carbons (Fsp3) is 0.429. The number of rotatable bonds is 7. The fourth-order valence-electron chi connectivity index (χ4n) is 1.84. The van der Waals surface area contributed by atoms with E-state index in [1.807, 2.05) is 38.1 Å². The topological polar surface area (TPSA) is 63.0 Å². The van der Waals surface area contributed by atoms with Crippen molar-refractivity contribution in [3.05, 3.63) is 40.7 Å². The molecule has 2 aromatic rings. The Bertz CT molecular complexity index is 526. The Morgan fingerprint density at radius 1 is 1.25 bits per heavy atom. The lowest BCUT2D eigenvalue weighted by Crippen LogP contribution is -2.17. The molecule has 1 unspecified atom stereocenters. The Balaban J connectivity index is 1.81. The van der Waals surface area contributed by atoms with Crippen molar-refractivity contribution in [2.45, 2.75) is 26.3 Å². The molecule has 5 nitrogen and oxygen atoms in total. The standard InChI is InChI=1S/C14H19ClN4O/c1-3-16-10(2)13-18-19-14(20-13)17-9-8-11-4-6-12(15)7-5-11/h4-7,10,16H,3,8-9H2,1-2H3,(H,17,19). The zero-order chi connectivity index (χ0) is 14.4. The van der Waals surface area contributed by atoms with Crippen LogP contribution in [0.25, 0.3) is 0 Å². The van der Waals surface area contributed by atoms with Gasteiger partial charge in [0.05, 0.1) is 6.04 Å². The number of nitrogens with one attached hydrogen (secondary N) is 2. The molecular formula is C14H19ClN4O. The summed E-state index contributed by atoms with van der Waals surface area (Å²) in [6.07, 6.45) is 0.873. The highest BCUT2D eigenvalue weighted by Gasteiger charge is 2.12. The summed E-state index contributed by atoms with van der Waals surface area (Å²) in [7, 11) is 0. The van der Waals surface area contributed by atoms with Gasteiger partial charge in [-0.25, -0.2) is 0 Å². The van der Waals surface area contributed by atoms with Gasteiger partial charge in [0, 0.05) is 11.6 Å². The third-order valence-electron chi connectivity index (χ3n) is 2.92. The zero-order valence-electron chi connectivity index (χ0n) is 11.7. The molecule has 20 heavy (non-hydrogen) atoms. The first kappa shape index (κ1) is 14.8. The molecule has 0 radical (unpaired) electrons. The monoisotopic (exact) mass is 294 g/mol. The maximum absolute atomic E-state index is 5.84. The zero-order valence-corrected chi connectivity index (χ0v) is 12.4. The van der Waals surface area contributed by atoms with Crippen LogP contribution < -0.4 is 10.6 Å². The molecule has 0 saturated carbocycles. The first-order chi connectivity index (χ1) is 9.69. The van der Waals surface area contributed by atoms with Crippen molar-refractivity contribution >= 4 is 17.6 Å². The van der Waals surface area contributed by atoms with Crippen LogP contribution in [0.1, 0.15) is 31.3 Å². The number of anilines is 1. The summed E-state index contributed by atoms with van der Waals surface area (Å²) in [5.41, 5.74) is 1.21. The molecule has 1 aromatic heterocycles. The predicted octanol–water partition coefficient (Wildman–Crippen LogP) is 3.05. The van der Waals surface area contributed by atoms with Crippen LogP contribution in [0, 0.1) is 0 Å². The molecule has 108 valence electrons. The van der Waals surface area contributed by atoms with E-state index in [2.05, 4.69) is 20.8 Å². The van der Waals surface area contributed by atoms with Crippen molar-refractivity contribution < 1.29 is 4.42 Å². The summed E-state index contributed by atoms with van der Waals surface area (Å²) in [5.74, 6) is 0.598. The van der Waals surface area contributed by atoms with E-state index in [0.717, 1.165) is 24.5 Å². The van der Waals surface area contributed by atoms with Gasteiger partial charge in [-0.15, -0.1) is 5.10 Å². The van der Waals surface area contributed by atoms with Crippen molar-refractivity contribution in [2.24, 2.45) is 0 Å². The number of hydrogen-bond donors (Lipinski definition) is 2. The largest absolute Gasteiger partial charge is 0.406 e. The molecule has 0 fully saturated rings. The Morgan fingerprint density at radius 2 is 2.00 bits per heavy atom. The average molecular weight is 295 g/mol. The minimum atomic E-state index is 0.0688. The van der Waals surface area contributed by atoms with Crippen LogP contribution in [-0.4, -0.2) is 23.3 Å². The van der Waals surface area contributed by atoms with Gasteiger partial charge >= 0.3 is 6.01 Å². The molecule has 2 rings (SSSR count). The first-order valence-electron chi connectivity index (χ1n) is 6.74. The smallest absolute Gasteiger partial charge is 0.315 e. The molecule has 1 aromatic carbocycles. The normalized spacial score (nSPS) is 12.3. The van der Waals surface area contributed by atoms with E-state index in [0.29, 0.717) is 11.9 Å². The molecular weight excluding hydrogens is 276 g/mol. The van der Waals surface area contributed by atoms with Gasteiger partial charge in [-0.05, 0) is 37.6 Å². The van der Waals surface area contributed by atoms with E-state index in [-0.39, 0.29) is 6.04 Å². The van der Waals surface area contributed by atoms with Gasteiger partial charge in [0.1, 0.15) is 0 Å². The summed E-state index contributed by atoms with van der Waals surface area (Å²) < 4.78 is 5.54. The predicted molar refractivity (Wildman–Crippen MR) is 80.0 cm³/mol. The number of aromatic nitrogens is 2. The number of nitrogens with zero attached hydrogens (tertiary/aromatic N) is 2. The third kappa shape index (κ3) is 4.21. The van der Waals surface area contributed by atoms with Crippen LogP contribution in [0.3, 0.4) is 0 Å². The Labute approximate surface area is 123 Å². The van der Waals surface area contributed by atoms with Crippen molar-refractivity contribution in [3.63, 3.8) is 0 Å². The van der Waals surface area contributed by atoms with Crippen molar-refractivity contribution in [2.75, 3.05) is 18.4 Å². The lowest BCUT2D eigenvalue weighted by atomic mass is 10.1. The van der Waals surface area contributed by atoms with Gasteiger partial charge in [0.15, 0.2) is 0 Å². The molecule has 1 atom stereocenters. The fourth-order valence-corrected chi connectivity index (χ4v) is 1.97. The summed E-state index contributed by atoms with van der Waals surface area (Å²) in [6, 6.07) is 8.32.